The SMILES string of the molecule is CCOc1ccc(CN2CCN(CC(=O)NC3CCCc4ccccc43)CC2)cc1. The van der Waals surface area contributed by atoms with Crippen LogP contribution in [-0.2, 0) is 17.8 Å². The minimum absolute atomic E-state index is 0.150. The number of hydrogen-bond donors (Lipinski definition) is 1. The molecular weight excluding hydrogens is 374 g/mol. The Morgan fingerprint density at radius 1 is 1.03 bits per heavy atom. The molecule has 5 nitrogen and oxygen atoms in total. The summed E-state index contributed by atoms with van der Waals surface area (Å²) < 4.78 is 5.52. The maximum Gasteiger partial charge on any atom is 0.234 e. The lowest BCUT2D eigenvalue weighted by Gasteiger charge is -2.35. The van der Waals surface area contributed by atoms with Crippen LogP contribution in [0.2, 0.25) is 0 Å². The van der Waals surface area contributed by atoms with Crippen LogP contribution in [0, 0.1) is 0 Å². The van der Waals surface area contributed by atoms with E-state index in [9.17, 15) is 4.79 Å². The maximum atomic E-state index is 12.7. The van der Waals surface area contributed by atoms with Crippen LogP contribution in [-0.4, -0.2) is 55.0 Å². The smallest absolute Gasteiger partial charge is 0.234 e. The number of nitrogens with zero attached hydrogens (tertiary/aromatic N) is 2. The molecule has 1 heterocycles. The van der Waals surface area contributed by atoms with Gasteiger partial charge in [0, 0.05) is 32.7 Å². The lowest BCUT2D eigenvalue weighted by Crippen LogP contribution is -2.49. The topological polar surface area (TPSA) is 44.8 Å². The fraction of sp³-hybridized carbons (Fsp3) is 0.480. The number of hydrogen-bond acceptors (Lipinski definition) is 4. The van der Waals surface area contributed by atoms with E-state index in [1.807, 2.05) is 19.1 Å². The number of carbonyl (C=O) groups is 1. The molecule has 0 radical (unpaired) electrons. The first-order valence-electron chi connectivity index (χ1n) is 11.2. The maximum absolute atomic E-state index is 12.7. The number of carbonyl (C=O) groups excluding carboxylic acids is 1. The van der Waals surface area contributed by atoms with Crippen molar-refractivity contribution in [2.24, 2.45) is 0 Å². The molecule has 30 heavy (non-hydrogen) atoms. The first-order valence-corrected chi connectivity index (χ1v) is 11.2. The third-order valence-electron chi connectivity index (χ3n) is 6.18. The van der Waals surface area contributed by atoms with Crippen molar-refractivity contribution >= 4 is 5.91 Å². The van der Waals surface area contributed by atoms with Gasteiger partial charge in [-0.3, -0.25) is 14.6 Å². The number of piperazine rings is 1. The van der Waals surface area contributed by atoms with Crippen molar-refractivity contribution in [1.82, 2.24) is 15.1 Å². The Labute approximate surface area is 180 Å². The zero-order valence-corrected chi connectivity index (χ0v) is 18.0. The van der Waals surface area contributed by atoms with Gasteiger partial charge in [0.1, 0.15) is 5.75 Å². The molecule has 1 fully saturated rings. The molecule has 1 aliphatic carbocycles. The molecule has 1 saturated heterocycles. The molecule has 1 amide bonds. The lowest BCUT2D eigenvalue weighted by atomic mass is 9.88. The van der Waals surface area contributed by atoms with Gasteiger partial charge in [0.15, 0.2) is 0 Å². The normalized spacial score (nSPS) is 19.8. The van der Waals surface area contributed by atoms with Gasteiger partial charge >= 0.3 is 0 Å². The second kappa shape index (κ2) is 10.1. The van der Waals surface area contributed by atoms with E-state index in [1.165, 1.54) is 16.7 Å². The van der Waals surface area contributed by atoms with Crippen molar-refractivity contribution in [3.8, 4) is 5.75 Å². The van der Waals surface area contributed by atoms with Crippen LogP contribution >= 0.6 is 0 Å². The molecule has 0 bridgehead atoms. The van der Waals surface area contributed by atoms with Crippen molar-refractivity contribution in [2.75, 3.05) is 39.3 Å². The summed E-state index contributed by atoms with van der Waals surface area (Å²) in [7, 11) is 0. The summed E-state index contributed by atoms with van der Waals surface area (Å²) in [5.74, 6) is 1.08. The molecule has 5 heteroatoms. The summed E-state index contributed by atoms with van der Waals surface area (Å²) in [6.07, 6.45) is 3.31. The third kappa shape index (κ3) is 5.41. The zero-order valence-electron chi connectivity index (χ0n) is 18.0. The van der Waals surface area contributed by atoms with Crippen LogP contribution in [0.4, 0.5) is 0 Å². The number of nitrogens with one attached hydrogen (secondary N) is 1. The Hall–Kier alpha value is -2.37. The van der Waals surface area contributed by atoms with Crippen molar-refractivity contribution in [1.29, 1.82) is 0 Å². The average Bonchev–Trinajstić information content (AvgIpc) is 2.77. The molecule has 0 spiro atoms. The Morgan fingerprint density at radius 2 is 1.77 bits per heavy atom. The highest BCUT2D eigenvalue weighted by Crippen LogP contribution is 2.29. The molecule has 2 aromatic carbocycles. The van der Waals surface area contributed by atoms with Crippen LogP contribution in [0.5, 0.6) is 5.75 Å². The molecule has 1 unspecified atom stereocenters. The number of aryl methyl sites for hydroxylation is 1. The van der Waals surface area contributed by atoms with Gasteiger partial charge in [-0.2, -0.15) is 0 Å². The number of ether oxygens (including phenoxy) is 1. The third-order valence-corrected chi connectivity index (χ3v) is 6.18. The highest BCUT2D eigenvalue weighted by molar-refractivity contribution is 5.78. The van der Waals surface area contributed by atoms with E-state index in [1.54, 1.807) is 0 Å². The van der Waals surface area contributed by atoms with Gasteiger partial charge in [-0.25, -0.2) is 0 Å². The van der Waals surface area contributed by atoms with Gasteiger partial charge < -0.3 is 10.1 Å². The Morgan fingerprint density at radius 3 is 2.53 bits per heavy atom. The Balaban J connectivity index is 1.22. The molecule has 2 aromatic rings. The lowest BCUT2D eigenvalue weighted by molar-refractivity contribution is -0.123. The average molecular weight is 408 g/mol. The van der Waals surface area contributed by atoms with E-state index in [2.05, 4.69) is 51.5 Å². The van der Waals surface area contributed by atoms with Crippen molar-refractivity contribution in [3.63, 3.8) is 0 Å². The predicted molar refractivity (Wildman–Crippen MR) is 120 cm³/mol. The summed E-state index contributed by atoms with van der Waals surface area (Å²) in [4.78, 5) is 17.4. The van der Waals surface area contributed by atoms with Gasteiger partial charge in [-0.15, -0.1) is 0 Å². The molecule has 0 saturated carbocycles. The van der Waals surface area contributed by atoms with Crippen LogP contribution in [0.25, 0.3) is 0 Å². The predicted octanol–water partition coefficient (Wildman–Crippen LogP) is 3.40. The molecule has 4 rings (SSSR count). The Bertz CT molecular complexity index is 829. The zero-order chi connectivity index (χ0) is 20.8. The van der Waals surface area contributed by atoms with Crippen LogP contribution in [0.1, 0.15) is 42.5 Å². The molecule has 0 aromatic heterocycles. The Kier molecular flexibility index (Phi) is 7.03. The highest BCUT2D eigenvalue weighted by atomic mass is 16.5. The number of amides is 1. The van der Waals surface area contributed by atoms with Crippen molar-refractivity contribution in [2.45, 2.75) is 38.8 Å². The molecule has 1 atom stereocenters. The first kappa shape index (κ1) is 20.9. The summed E-state index contributed by atoms with van der Waals surface area (Å²) >= 11 is 0. The highest BCUT2D eigenvalue weighted by Gasteiger charge is 2.23. The van der Waals surface area contributed by atoms with E-state index in [-0.39, 0.29) is 11.9 Å². The van der Waals surface area contributed by atoms with Gasteiger partial charge in [-0.1, -0.05) is 36.4 Å². The minimum Gasteiger partial charge on any atom is -0.494 e. The summed E-state index contributed by atoms with van der Waals surface area (Å²) in [5, 5.41) is 3.28. The van der Waals surface area contributed by atoms with E-state index < -0.39 is 0 Å². The molecule has 2 aliphatic rings. The van der Waals surface area contributed by atoms with Gasteiger partial charge in [0.05, 0.1) is 19.2 Å². The minimum atomic E-state index is 0.150. The molecule has 1 N–H and O–H groups in total. The quantitative estimate of drug-likeness (QED) is 0.764. The summed E-state index contributed by atoms with van der Waals surface area (Å²) in [5.41, 5.74) is 4.00. The van der Waals surface area contributed by atoms with E-state index >= 15 is 0 Å². The standard InChI is InChI=1S/C25H33N3O2/c1-2-30-22-12-10-20(11-13-22)18-27-14-16-28(17-15-27)19-25(29)26-24-9-5-7-21-6-3-4-8-23(21)24/h3-4,6,8,10-13,24H,2,5,7,9,14-19H2,1H3,(H,26,29). The van der Waals surface area contributed by atoms with E-state index in [0.29, 0.717) is 13.2 Å². The summed E-state index contributed by atoms with van der Waals surface area (Å²) in [6, 6.07) is 17.1. The monoisotopic (exact) mass is 407 g/mol. The summed E-state index contributed by atoms with van der Waals surface area (Å²) in [6.45, 7) is 8.00. The van der Waals surface area contributed by atoms with Crippen LogP contribution < -0.4 is 10.1 Å². The van der Waals surface area contributed by atoms with Gasteiger partial charge in [0.25, 0.3) is 0 Å². The largest absolute Gasteiger partial charge is 0.494 e. The number of benzene rings is 2. The molecule has 160 valence electrons. The fourth-order valence-electron chi connectivity index (χ4n) is 4.57. The van der Waals surface area contributed by atoms with E-state index in [0.717, 1.165) is 57.7 Å². The number of rotatable bonds is 7. The van der Waals surface area contributed by atoms with Crippen LogP contribution in [0.3, 0.4) is 0 Å². The van der Waals surface area contributed by atoms with Crippen molar-refractivity contribution in [3.05, 3.63) is 65.2 Å². The molecule has 1 aliphatic heterocycles. The van der Waals surface area contributed by atoms with Crippen molar-refractivity contribution < 1.29 is 9.53 Å². The first-order chi connectivity index (χ1) is 14.7. The van der Waals surface area contributed by atoms with E-state index in [4.69, 9.17) is 4.74 Å². The molecular formula is C25H33N3O2. The van der Waals surface area contributed by atoms with Gasteiger partial charge in [0.2, 0.25) is 5.91 Å². The second-order valence-electron chi connectivity index (χ2n) is 8.34. The number of fused-ring (bicyclic) bond motifs is 1. The van der Waals surface area contributed by atoms with Gasteiger partial charge in [-0.05, 0) is 55.0 Å². The second-order valence-corrected chi connectivity index (χ2v) is 8.34. The fourth-order valence-corrected chi connectivity index (χ4v) is 4.57. The van der Waals surface area contributed by atoms with Crippen LogP contribution in [0.15, 0.2) is 48.5 Å².